The van der Waals surface area contributed by atoms with E-state index in [9.17, 15) is 9.59 Å². The van der Waals surface area contributed by atoms with Crippen molar-refractivity contribution in [2.75, 3.05) is 0 Å². The van der Waals surface area contributed by atoms with E-state index in [1.807, 2.05) is 57.2 Å². The number of esters is 1. The zero-order chi connectivity index (χ0) is 14.8. The van der Waals surface area contributed by atoms with Crippen molar-refractivity contribution < 1.29 is 14.3 Å². The van der Waals surface area contributed by atoms with E-state index in [0.717, 1.165) is 5.56 Å². The molecule has 2 rings (SSSR count). The first-order valence-electron chi connectivity index (χ1n) is 6.86. The summed E-state index contributed by atoms with van der Waals surface area (Å²) in [6.45, 7) is 5.48. The van der Waals surface area contributed by atoms with Gasteiger partial charge in [0.15, 0.2) is 5.78 Å². The molecule has 0 bridgehead atoms. The van der Waals surface area contributed by atoms with Crippen LogP contribution in [0.15, 0.2) is 42.5 Å². The second-order valence-corrected chi connectivity index (χ2v) is 6.10. The van der Waals surface area contributed by atoms with Crippen LogP contribution in [0.5, 0.6) is 0 Å². The van der Waals surface area contributed by atoms with Crippen LogP contribution in [0.3, 0.4) is 0 Å². The molecule has 0 heterocycles. The molecule has 0 saturated carbocycles. The van der Waals surface area contributed by atoms with E-state index in [2.05, 4.69) is 0 Å². The molecule has 0 N–H and O–H groups in total. The van der Waals surface area contributed by atoms with Gasteiger partial charge in [0.05, 0.1) is 6.42 Å². The Bertz CT molecular complexity index is 523. The Labute approximate surface area is 119 Å². The zero-order valence-electron chi connectivity index (χ0n) is 12.1. The highest BCUT2D eigenvalue weighted by Gasteiger charge is 2.34. The lowest BCUT2D eigenvalue weighted by atomic mass is 9.86. The lowest BCUT2D eigenvalue weighted by Gasteiger charge is -2.22. The van der Waals surface area contributed by atoms with Crippen LogP contribution in [-0.4, -0.2) is 17.4 Å². The van der Waals surface area contributed by atoms with Gasteiger partial charge in [0.25, 0.3) is 0 Å². The number of carbonyl (C=O) groups excluding carboxylic acids is 2. The minimum atomic E-state index is -0.519. The van der Waals surface area contributed by atoms with E-state index in [1.54, 1.807) is 6.08 Å². The second-order valence-electron chi connectivity index (χ2n) is 6.10. The van der Waals surface area contributed by atoms with Crippen molar-refractivity contribution in [2.24, 2.45) is 5.92 Å². The summed E-state index contributed by atoms with van der Waals surface area (Å²) in [7, 11) is 0. The SMILES string of the molecule is CC(C)(C)OC(=O)C[C@@H]1C(=O)C=C[C@H]1c1ccccc1. The van der Waals surface area contributed by atoms with Crippen molar-refractivity contribution >= 4 is 11.8 Å². The highest BCUT2D eigenvalue weighted by molar-refractivity contribution is 5.97. The molecule has 3 nitrogen and oxygen atoms in total. The highest BCUT2D eigenvalue weighted by Crippen LogP contribution is 2.34. The second kappa shape index (κ2) is 5.61. The fourth-order valence-corrected chi connectivity index (χ4v) is 2.44. The van der Waals surface area contributed by atoms with Gasteiger partial charge in [0.1, 0.15) is 5.60 Å². The molecule has 1 aromatic carbocycles. The van der Waals surface area contributed by atoms with Crippen molar-refractivity contribution in [1.29, 1.82) is 0 Å². The van der Waals surface area contributed by atoms with Crippen molar-refractivity contribution in [2.45, 2.75) is 38.7 Å². The van der Waals surface area contributed by atoms with Crippen LogP contribution in [0.1, 0.15) is 38.7 Å². The van der Waals surface area contributed by atoms with E-state index in [1.165, 1.54) is 0 Å². The largest absolute Gasteiger partial charge is 0.460 e. The van der Waals surface area contributed by atoms with E-state index in [-0.39, 0.29) is 30.0 Å². The average Bonchev–Trinajstić information content (AvgIpc) is 2.70. The normalized spacial score (nSPS) is 22.1. The standard InChI is InChI=1S/C17H20O3/c1-17(2,3)20-16(19)11-14-13(9-10-15(14)18)12-7-5-4-6-8-12/h4-10,13-14H,11H2,1-3H3/t13-,14-/m0/s1. The van der Waals surface area contributed by atoms with E-state index in [4.69, 9.17) is 4.74 Å². The molecule has 0 saturated heterocycles. The van der Waals surface area contributed by atoms with Gasteiger partial charge in [-0.15, -0.1) is 0 Å². The summed E-state index contributed by atoms with van der Waals surface area (Å²) in [6, 6.07) is 9.78. The molecule has 0 radical (unpaired) electrons. The Kier molecular flexibility index (Phi) is 4.07. The maximum absolute atomic E-state index is 12.0. The van der Waals surface area contributed by atoms with Gasteiger partial charge in [0, 0.05) is 11.8 Å². The number of hydrogen-bond acceptors (Lipinski definition) is 3. The smallest absolute Gasteiger partial charge is 0.307 e. The number of rotatable bonds is 3. The lowest BCUT2D eigenvalue weighted by Crippen LogP contribution is -2.27. The minimum Gasteiger partial charge on any atom is -0.460 e. The van der Waals surface area contributed by atoms with Crippen LogP contribution in [0.25, 0.3) is 0 Å². The molecule has 0 aromatic heterocycles. The predicted molar refractivity (Wildman–Crippen MR) is 77.3 cm³/mol. The van der Waals surface area contributed by atoms with Crippen molar-refractivity contribution in [1.82, 2.24) is 0 Å². The molecule has 0 aliphatic heterocycles. The molecule has 20 heavy (non-hydrogen) atoms. The molecule has 1 aliphatic rings. The number of allylic oxidation sites excluding steroid dienone is 2. The molecule has 2 atom stereocenters. The predicted octanol–water partition coefficient (Wildman–Crippen LogP) is 3.26. The van der Waals surface area contributed by atoms with Gasteiger partial charge >= 0.3 is 5.97 Å². The summed E-state index contributed by atoms with van der Waals surface area (Å²) in [5, 5.41) is 0. The summed E-state index contributed by atoms with van der Waals surface area (Å²) in [5.41, 5.74) is 0.539. The van der Waals surface area contributed by atoms with Gasteiger partial charge in [-0.05, 0) is 32.4 Å². The van der Waals surface area contributed by atoms with Crippen LogP contribution >= 0.6 is 0 Å². The van der Waals surface area contributed by atoms with Crippen LogP contribution < -0.4 is 0 Å². The molecule has 1 aliphatic carbocycles. The highest BCUT2D eigenvalue weighted by atomic mass is 16.6. The Morgan fingerprint density at radius 1 is 1.20 bits per heavy atom. The number of carbonyl (C=O) groups is 2. The first kappa shape index (κ1) is 14.5. The fourth-order valence-electron chi connectivity index (χ4n) is 2.44. The first-order chi connectivity index (χ1) is 9.37. The monoisotopic (exact) mass is 272 g/mol. The van der Waals surface area contributed by atoms with Crippen LogP contribution in [0.4, 0.5) is 0 Å². The van der Waals surface area contributed by atoms with Crippen LogP contribution in [0.2, 0.25) is 0 Å². The number of ether oxygens (including phenoxy) is 1. The van der Waals surface area contributed by atoms with Gasteiger partial charge in [-0.2, -0.15) is 0 Å². The van der Waals surface area contributed by atoms with Crippen molar-refractivity contribution in [3.05, 3.63) is 48.0 Å². The lowest BCUT2D eigenvalue weighted by molar-refractivity contribution is -0.156. The third kappa shape index (κ3) is 3.56. The Balaban J connectivity index is 2.10. The summed E-state index contributed by atoms with van der Waals surface area (Å²) in [6.07, 6.45) is 3.59. The van der Waals surface area contributed by atoms with Gasteiger partial charge in [0.2, 0.25) is 0 Å². The number of hydrogen-bond donors (Lipinski definition) is 0. The van der Waals surface area contributed by atoms with Crippen molar-refractivity contribution in [3.63, 3.8) is 0 Å². The molecule has 106 valence electrons. The average molecular weight is 272 g/mol. The van der Waals surface area contributed by atoms with Gasteiger partial charge in [-0.25, -0.2) is 0 Å². The van der Waals surface area contributed by atoms with Gasteiger partial charge in [-0.3, -0.25) is 9.59 Å². The fraction of sp³-hybridized carbons (Fsp3) is 0.412. The van der Waals surface area contributed by atoms with E-state index >= 15 is 0 Å². The number of ketones is 1. The number of benzene rings is 1. The third-order valence-corrected chi connectivity index (χ3v) is 3.26. The van der Waals surface area contributed by atoms with Gasteiger partial charge in [-0.1, -0.05) is 36.4 Å². The van der Waals surface area contributed by atoms with Crippen LogP contribution in [0, 0.1) is 5.92 Å². The topological polar surface area (TPSA) is 43.4 Å². The molecule has 0 fully saturated rings. The zero-order valence-corrected chi connectivity index (χ0v) is 12.1. The van der Waals surface area contributed by atoms with E-state index in [0.29, 0.717) is 0 Å². The van der Waals surface area contributed by atoms with Gasteiger partial charge < -0.3 is 4.74 Å². The maximum atomic E-state index is 12.0. The summed E-state index contributed by atoms with van der Waals surface area (Å²) in [5.74, 6) is -0.686. The maximum Gasteiger partial charge on any atom is 0.307 e. The summed E-state index contributed by atoms with van der Waals surface area (Å²) in [4.78, 5) is 23.9. The minimum absolute atomic E-state index is 0.00436. The summed E-state index contributed by atoms with van der Waals surface area (Å²) >= 11 is 0. The molecular weight excluding hydrogens is 252 g/mol. The van der Waals surface area contributed by atoms with E-state index < -0.39 is 5.60 Å². The third-order valence-electron chi connectivity index (χ3n) is 3.26. The Morgan fingerprint density at radius 3 is 2.45 bits per heavy atom. The molecule has 3 heteroatoms. The molecule has 0 spiro atoms. The molecule has 0 amide bonds. The first-order valence-corrected chi connectivity index (χ1v) is 6.86. The Morgan fingerprint density at radius 2 is 1.85 bits per heavy atom. The Hall–Kier alpha value is -1.90. The molecule has 1 aromatic rings. The quantitative estimate of drug-likeness (QED) is 0.793. The summed E-state index contributed by atoms with van der Waals surface area (Å²) < 4.78 is 5.31. The van der Waals surface area contributed by atoms with Crippen LogP contribution in [-0.2, 0) is 14.3 Å². The molecular formula is C17H20O3. The molecule has 0 unspecified atom stereocenters. The van der Waals surface area contributed by atoms with Crippen molar-refractivity contribution in [3.8, 4) is 0 Å².